The number of carbonyl (C=O) groups excluding carboxylic acids is 3. The van der Waals surface area contributed by atoms with Crippen molar-refractivity contribution in [1.29, 1.82) is 0 Å². The molecule has 0 unspecified atom stereocenters. The molecule has 1 aliphatic rings. The molecule has 4 aromatic rings. The number of nitrogens with one attached hydrogen (secondary N) is 2. The van der Waals surface area contributed by atoms with Crippen molar-refractivity contribution in [2.45, 2.75) is 26.4 Å². The average molecular weight is 618 g/mol. The van der Waals surface area contributed by atoms with E-state index in [4.69, 9.17) is 27.9 Å². The summed E-state index contributed by atoms with van der Waals surface area (Å²) in [5.74, 6) is -0.0457. The number of rotatable bonds is 10. The Morgan fingerprint density at radius 3 is 2.53 bits per heavy atom. The van der Waals surface area contributed by atoms with Gasteiger partial charge >= 0.3 is 0 Å². The monoisotopic (exact) mass is 616 g/mol. The Morgan fingerprint density at radius 2 is 1.79 bits per heavy atom. The van der Waals surface area contributed by atoms with Gasteiger partial charge in [-0.15, -0.1) is 0 Å². The van der Waals surface area contributed by atoms with Gasteiger partial charge in [-0.25, -0.2) is 4.98 Å². The summed E-state index contributed by atoms with van der Waals surface area (Å²) in [6.07, 6.45) is 4.85. The van der Waals surface area contributed by atoms with Crippen molar-refractivity contribution in [2.75, 3.05) is 23.8 Å². The molecule has 0 spiro atoms. The maximum atomic E-state index is 12.9. The summed E-state index contributed by atoms with van der Waals surface area (Å²) in [4.78, 5) is 43.2. The van der Waals surface area contributed by atoms with Gasteiger partial charge in [-0.3, -0.25) is 14.4 Å². The number of amides is 3. The highest BCUT2D eigenvalue weighted by molar-refractivity contribution is 6.38. The van der Waals surface area contributed by atoms with E-state index < -0.39 is 5.91 Å². The van der Waals surface area contributed by atoms with Gasteiger partial charge in [-0.05, 0) is 67.8 Å². The van der Waals surface area contributed by atoms with E-state index in [0.717, 1.165) is 35.0 Å². The quantitative estimate of drug-likeness (QED) is 0.196. The molecule has 1 aliphatic carbocycles. The third kappa shape index (κ3) is 7.52. The lowest BCUT2D eigenvalue weighted by Gasteiger charge is -2.21. The van der Waals surface area contributed by atoms with Gasteiger partial charge < -0.3 is 20.3 Å². The van der Waals surface area contributed by atoms with Crippen LogP contribution in [0.4, 0.5) is 11.4 Å². The number of aromatic nitrogens is 1. The van der Waals surface area contributed by atoms with Crippen molar-refractivity contribution < 1.29 is 19.1 Å². The standard InChI is InChI=1S/C33H30Cl2N4O4/c1-20-6-10-22-4-3-5-28(32(22)37-20)43-19-25-26(34)15-16-27(31(25)35)39(2)30(41)18-36-29(40)17-9-21-7-13-24(14-8-21)38-33(42)23-11-12-23/h3-10,13-17,23H,11-12,18-19H2,1-2H3,(H,36,40)(H,38,42). The van der Waals surface area contributed by atoms with Crippen molar-refractivity contribution in [3.63, 3.8) is 0 Å². The molecule has 0 bridgehead atoms. The van der Waals surface area contributed by atoms with E-state index in [-0.39, 0.29) is 35.9 Å². The van der Waals surface area contributed by atoms with Crippen LogP contribution < -0.4 is 20.3 Å². The Morgan fingerprint density at radius 1 is 1.02 bits per heavy atom. The summed E-state index contributed by atoms with van der Waals surface area (Å²) >= 11 is 13.2. The SMILES string of the molecule is Cc1ccc2cccc(OCc3c(Cl)ccc(N(C)C(=O)CNC(=O)C=Cc4ccc(NC(=O)C5CC5)cc4)c3Cl)c2n1. The summed E-state index contributed by atoms with van der Waals surface area (Å²) < 4.78 is 6.08. The van der Waals surface area contributed by atoms with Crippen LogP contribution in [0.3, 0.4) is 0 Å². The molecule has 10 heteroatoms. The number of para-hydroxylation sites is 1. The highest BCUT2D eigenvalue weighted by Crippen LogP contribution is 2.35. The van der Waals surface area contributed by atoms with Crippen LogP contribution in [-0.2, 0) is 21.0 Å². The molecule has 0 radical (unpaired) electrons. The van der Waals surface area contributed by atoms with E-state index in [1.165, 1.54) is 11.0 Å². The molecule has 8 nitrogen and oxygen atoms in total. The lowest BCUT2D eigenvalue weighted by atomic mass is 10.1. The van der Waals surface area contributed by atoms with Gasteiger partial charge in [-0.2, -0.15) is 0 Å². The number of nitrogens with zero attached hydrogens (tertiary/aromatic N) is 2. The van der Waals surface area contributed by atoms with Gasteiger partial charge in [0.25, 0.3) is 0 Å². The van der Waals surface area contributed by atoms with Crippen LogP contribution in [0.1, 0.15) is 29.7 Å². The van der Waals surface area contributed by atoms with Crippen molar-refractivity contribution in [3.8, 4) is 5.75 Å². The largest absolute Gasteiger partial charge is 0.487 e. The minimum absolute atomic E-state index is 0.0373. The number of anilines is 2. The Kier molecular flexibility index (Phi) is 9.28. The van der Waals surface area contributed by atoms with Crippen molar-refractivity contribution in [3.05, 3.63) is 99.7 Å². The number of hydrogen-bond acceptors (Lipinski definition) is 5. The first kappa shape index (κ1) is 30.1. The topological polar surface area (TPSA) is 101 Å². The lowest BCUT2D eigenvalue weighted by Crippen LogP contribution is -2.37. The zero-order chi connectivity index (χ0) is 30.5. The molecule has 43 heavy (non-hydrogen) atoms. The van der Waals surface area contributed by atoms with Gasteiger partial charge in [0.2, 0.25) is 17.7 Å². The van der Waals surface area contributed by atoms with E-state index >= 15 is 0 Å². The number of hydrogen-bond donors (Lipinski definition) is 2. The Hall–Kier alpha value is -4.40. The van der Waals surface area contributed by atoms with E-state index in [1.807, 2.05) is 37.3 Å². The molecular formula is C33H30Cl2N4O4. The first-order valence-corrected chi connectivity index (χ1v) is 14.5. The van der Waals surface area contributed by atoms with Crippen molar-refractivity contribution in [2.24, 2.45) is 5.92 Å². The number of ether oxygens (including phenoxy) is 1. The second-order valence-electron chi connectivity index (χ2n) is 10.3. The fourth-order valence-corrected chi connectivity index (χ4v) is 4.98. The second-order valence-corrected chi connectivity index (χ2v) is 11.1. The molecule has 0 atom stereocenters. The van der Waals surface area contributed by atoms with Crippen LogP contribution in [0.2, 0.25) is 10.0 Å². The normalized spacial score (nSPS) is 12.7. The molecular weight excluding hydrogens is 587 g/mol. The van der Waals surface area contributed by atoms with Gasteiger partial charge in [0.1, 0.15) is 17.9 Å². The van der Waals surface area contributed by atoms with Crippen LogP contribution in [0.15, 0.2) is 72.8 Å². The first-order chi connectivity index (χ1) is 20.7. The molecule has 1 saturated carbocycles. The number of benzene rings is 3. The molecule has 0 saturated heterocycles. The highest BCUT2D eigenvalue weighted by atomic mass is 35.5. The first-order valence-electron chi connectivity index (χ1n) is 13.8. The highest BCUT2D eigenvalue weighted by Gasteiger charge is 2.29. The molecule has 220 valence electrons. The van der Waals surface area contributed by atoms with Crippen LogP contribution >= 0.6 is 23.2 Å². The molecule has 5 rings (SSSR count). The molecule has 1 fully saturated rings. The lowest BCUT2D eigenvalue weighted by molar-refractivity contribution is -0.122. The summed E-state index contributed by atoms with van der Waals surface area (Å²) in [5.41, 5.74) is 4.05. The third-order valence-electron chi connectivity index (χ3n) is 7.06. The van der Waals surface area contributed by atoms with E-state index in [9.17, 15) is 14.4 Å². The van der Waals surface area contributed by atoms with Crippen LogP contribution in [0.5, 0.6) is 5.75 Å². The summed E-state index contributed by atoms with van der Waals surface area (Å²) in [7, 11) is 1.57. The van der Waals surface area contributed by atoms with Gasteiger partial charge in [-0.1, -0.05) is 53.5 Å². The molecule has 1 aromatic heterocycles. The van der Waals surface area contributed by atoms with E-state index in [1.54, 1.807) is 49.5 Å². The fourth-order valence-electron chi connectivity index (χ4n) is 4.37. The zero-order valence-corrected chi connectivity index (χ0v) is 25.2. The molecule has 3 amide bonds. The van der Waals surface area contributed by atoms with E-state index in [2.05, 4.69) is 15.6 Å². The van der Waals surface area contributed by atoms with Crippen molar-refractivity contribution >= 4 is 69.3 Å². The molecule has 3 aromatic carbocycles. The van der Waals surface area contributed by atoms with Crippen LogP contribution in [0, 0.1) is 12.8 Å². The second kappa shape index (κ2) is 13.3. The zero-order valence-electron chi connectivity index (χ0n) is 23.7. The molecule has 0 aliphatic heterocycles. The van der Waals surface area contributed by atoms with Crippen LogP contribution in [-0.4, -0.2) is 36.3 Å². The predicted molar refractivity (Wildman–Crippen MR) is 171 cm³/mol. The number of halogens is 2. The van der Waals surface area contributed by atoms with Gasteiger partial charge in [0.05, 0.1) is 17.3 Å². The smallest absolute Gasteiger partial charge is 0.246 e. The van der Waals surface area contributed by atoms with Crippen LogP contribution in [0.25, 0.3) is 17.0 Å². The number of pyridine rings is 1. The fraction of sp³-hybridized carbons (Fsp3) is 0.212. The van der Waals surface area contributed by atoms with Gasteiger partial charge in [0.15, 0.2) is 0 Å². The number of fused-ring (bicyclic) bond motifs is 1. The Balaban J connectivity index is 1.17. The minimum atomic E-state index is -0.428. The average Bonchev–Trinajstić information content (AvgIpc) is 3.85. The molecule has 2 N–H and O–H groups in total. The van der Waals surface area contributed by atoms with Gasteiger partial charge in [0, 0.05) is 46.4 Å². The number of aryl methyl sites for hydroxylation is 1. The Labute approximate surface area is 259 Å². The minimum Gasteiger partial charge on any atom is -0.487 e. The third-order valence-corrected chi connectivity index (χ3v) is 7.84. The molecule has 1 heterocycles. The van der Waals surface area contributed by atoms with Crippen molar-refractivity contribution in [1.82, 2.24) is 10.3 Å². The maximum absolute atomic E-state index is 12.9. The number of likely N-dealkylation sites (N-methyl/N-ethyl adjacent to an activating group) is 1. The van der Waals surface area contributed by atoms with E-state index in [0.29, 0.717) is 27.7 Å². The Bertz CT molecular complexity index is 1720. The summed E-state index contributed by atoms with van der Waals surface area (Å²) in [6.45, 7) is 1.74. The predicted octanol–water partition coefficient (Wildman–Crippen LogP) is 6.57. The number of carbonyl (C=O) groups is 3. The maximum Gasteiger partial charge on any atom is 0.246 e. The summed E-state index contributed by atoms with van der Waals surface area (Å²) in [5, 5.41) is 7.09. The summed E-state index contributed by atoms with van der Waals surface area (Å²) in [6, 6.07) is 20.1.